The van der Waals surface area contributed by atoms with Crippen molar-refractivity contribution >= 4 is 17.7 Å². The minimum Gasteiger partial charge on any atom is -0.506 e. The van der Waals surface area contributed by atoms with Gasteiger partial charge in [0.2, 0.25) is 6.08 Å². The Labute approximate surface area is 96.6 Å². The first-order valence-corrected chi connectivity index (χ1v) is 5.25. The van der Waals surface area contributed by atoms with Crippen molar-refractivity contribution in [2.45, 2.75) is 24.8 Å². The average Bonchev–Trinajstić information content (AvgIpc) is 2.20. The molecule has 3 nitrogen and oxygen atoms in total. The summed E-state index contributed by atoms with van der Waals surface area (Å²) in [4.78, 5) is 14.0. The van der Waals surface area contributed by atoms with Crippen molar-refractivity contribution in [3.8, 4) is 5.75 Å². The molecule has 0 aliphatic heterocycles. The van der Waals surface area contributed by atoms with Gasteiger partial charge in [-0.1, -0.05) is 11.6 Å². The molecule has 1 aliphatic rings. The van der Waals surface area contributed by atoms with Crippen LogP contribution in [0.25, 0.3) is 0 Å². The molecule has 1 aromatic rings. The van der Waals surface area contributed by atoms with Crippen molar-refractivity contribution in [2.24, 2.45) is 4.99 Å². The van der Waals surface area contributed by atoms with Gasteiger partial charge in [0.15, 0.2) is 0 Å². The molecule has 0 atom stereocenters. The van der Waals surface area contributed by atoms with E-state index in [-0.39, 0.29) is 16.3 Å². The van der Waals surface area contributed by atoms with Gasteiger partial charge in [-0.3, -0.25) is 0 Å². The number of hydrogen-bond acceptors (Lipinski definition) is 3. The SMILES string of the molecule is O=C=NC1(c2c(F)ccc(Cl)c2O)CCC1. The molecule has 1 aliphatic carbocycles. The molecule has 1 aromatic carbocycles. The van der Waals surface area contributed by atoms with Crippen LogP contribution in [0, 0.1) is 5.82 Å². The predicted octanol–water partition coefficient (Wildman–Crippen LogP) is 2.90. The van der Waals surface area contributed by atoms with Crippen molar-refractivity contribution in [2.75, 3.05) is 0 Å². The number of phenolic OH excluding ortho intramolecular Hbond substituents is 1. The van der Waals surface area contributed by atoms with Crippen molar-refractivity contribution in [1.29, 1.82) is 0 Å². The Hall–Kier alpha value is -1.38. The zero-order valence-electron chi connectivity index (χ0n) is 8.33. The molecule has 0 unspecified atom stereocenters. The number of halogens is 2. The van der Waals surface area contributed by atoms with Gasteiger partial charge < -0.3 is 5.11 Å². The van der Waals surface area contributed by atoms with E-state index in [0.717, 1.165) is 12.5 Å². The van der Waals surface area contributed by atoms with Crippen LogP contribution in [0.2, 0.25) is 5.02 Å². The Morgan fingerprint density at radius 3 is 2.69 bits per heavy atom. The molecular formula is C11H9ClFNO2. The standard InChI is InChI=1S/C11H9ClFNO2/c12-7-2-3-8(13)9(10(7)16)11(14-6-15)4-1-5-11/h2-3,16H,1,4-5H2. The maximum Gasteiger partial charge on any atom is 0.235 e. The quantitative estimate of drug-likeness (QED) is 0.639. The van der Waals surface area contributed by atoms with E-state index in [9.17, 15) is 14.3 Å². The van der Waals surface area contributed by atoms with E-state index in [0.29, 0.717) is 12.8 Å². The predicted molar refractivity (Wildman–Crippen MR) is 56.7 cm³/mol. The molecule has 84 valence electrons. The Balaban J connectivity index is 2.62. The van der Waals surface area contributed by atoms with E-state index in [4.69, 9.17) is 11.6 Å². The van der Waals surface area contributed by atoms with Crippen molar-refractivity contribution < 1.29 is 14.3 Å². The summed E-state index contributed by atoms with van der Waals surface area (Å²) in [6.07, 6.45) is 3.31. The highest BCUT2D eigenvalue weighted by Crippen LogP contribution is 2.50. The smallest absolute Gasteiger partial charge is 0.235 e. The third-order valence-corrected chi connectivity index (χ3v) is 3.29. The number of carbonyl (C=O) groups excluding carboxylic acids is 1. The van der Waals surface area contributed by atoms with Gasteiger partial charge in [0.25, 0.3) is 0 Å². The van der Waals surface area contributed by atoms with E-state index in [2.05, 4.69) is 4.99 Å². The van der Waals surface area contributed by atoms with Crippen molar-refractivity contribution in [3.63, 3.8) is 0 Å². The maximum absolute atomic E-state index is 13.7. The third-order valence-electron chi connectivity index (χ3n) is 2.98. The van der Waals surface area contributed by atoms with Crippen LogP contribution in [0.4, 0.5) is 4.39 Å². The van der Waals surface area contributed by atoms with Crippen LogP contribution in [-0.4, -0.2) is 11.2 Å². The highest BCUT2D eigenvalue weighted by Gasteiger charge is 2.43. The number of isocyanates is 1. The van der Waals surface area contributed by atoms with Crippen molar-refractivity contribution in [3.05, 3.63) is 28.5 Å². The zero-order chi connectivity index (χ0) is 11.8. The first-order chi connectivity index (χ1) is 7.60. The molecule has 0 saturated heterocycles. The molecule has 1 N–H and O–H groups in total. The van der Waals surface area contributed by atoms with Gasteiger partial charge in [-0.15, -0.1) is 0 Å². The van der Waals surface area contributed by atoms with Crippen molar-refractivity contribution in [1.82, 2.24) is 0 Å². The third kappa shape index (κ3) is 1.51. The van der Waals surface area contributed by atoms with Crippen LogP contribution in [-0.2, 0) is 10.3 Å². The Bertz CT molecular complexity index is 479. The van der Waals surface area contributed by atoms with E-state index >= 15 is 0 Å². The maximum atomic E-state index is 13.7. The molecule has 0 radical (unpaired) electrons. The summed E-state index contributed by atoms with van der Waals surface area (Å²) in [6, 6.07) is 2.44. The summed E-state index contributed by atoms with van der Waals surface area (Å²) < 4.78 is 13.7. The van der Waals surface area contributed by atoms with Gasteiger partial charge in [-0.2, -0.15) is 4.99 Å². The van der Waals surface area contributed by atoms with Crippen LogP contribution in [0.5, 0.6) is 5.75 Å². The number of benzene rings is 1. The molecule has 0 aromatic heterocycles. The average molecular weight is 242 g/mol. The summed E-state index contributed by atoms with van der Waals surface area (Å²) in [7, 11) is 0. The monoisotopic (exact) mass is 241 g/mol. The van der Waals surface area contributed by atoms with Crippen LogP contribution in [0.1, 0.15) is 24.8 Å². The van der Waals surface area contributed by atoms with Gasteiger partial charge in [0.05, 0.1) is 10.6 Å². The first kappa shape index (κ1) is 11.1. The molecule has 1 saturated carbocycles. The largest absolute Gasteiger partial charge is 0.506 e. The van der Waals surface area contributed by atoms with Gasteiger partial charge in [-0.05, 0) is 31.4 Å². The molecule has 0 bridgehead atoms. The highest BCUT2D eigenvalue weighted by atomic mass is 35.5. The summed E-state index contributed by atoms with van der Waals surface area (Å²) >= 11 is 5.72. The fraction of sp³-hybridized carbons (Fsp3) is 0.364. The van der Waals surface area contributed by atoms with E-state index in [1.54, 1.807) is 0 Å². The van der Waals surface area contributed by atoms with Crippen LogP contribution in [0.3, 0.4) is 0 Å². The molecule has 0 amide bonds. The fourth-order valence-electron chi connectivity index (χ4n) is 2.00. The van der Waals surface area contributed by atoms with E-state index in [1.807, 2.05) is 0 Å². The number of nitrogens with zero attached hydrogens (tertiary/aromatic N) is 1. The second-order valence-corrected chi connectivity index (χ2v) is 4.25. The van der Waals surface area contributed by atoms with Gasteiger partial charge in [-0.25, -0.2) is 9.18 Å². The topological polar surface area (TPSA) is 49.7 Å². The molecule has 1 fully saturated rings. The first-order valence-electron chi connectivity index (χ1n) is 4.87. The molecule has 0 spiro atoms. The lowest BCUT2D eigenvalue weighted by molar-refractivity contribution is 0.239. The highest BCUT2D eigenvalue weighted by molar-refractivity contribution is 6.32. The number of aliphatic imine (C=N–C) groups is 1. The lowest BCUT2D eigenvalue weighted by Gasteiger charge is -2.37. The van der Waals surface area contributed by atoms with Gasteiger partial charge in [0, 0.05) is 0 Å². The molecule has 2 rings (SSSR count). The lowest BCUT2D eigenvalue weighted by atomic mass is 9.72. The Kier molecular flexibility index (Phi) is 2.70. The van der Waals surface area contributed by atoms with E-state index in [1.165, 1.54) is 12.1 Å². The summed E-state index contributed by atoms with van der Waals surface area (Å²) in [6.45, 7) is 0. The minimum atomic E-state index is -0.971. The fourth-order valence-corrected chi connectivity index (χ4v) is 2.16. The molecule has 16 heavy (non-hydrogen) atoms. The van der Waals surface area contributed by atoms with Crippen LogP contribution < -0.4 is 0 Å². The van der Waals surface area contributed by atoms with Gasteiger partial charge in [0.1, 0.15) is 17.1 Å². The second kappa shape index (κ2) is 3.89. The zero-order valence-corrected chi connectivity index (χ0v) is 9.09. The number of rotatable bonds is 2. The lowest BCUT2D eigenvalue weighted by Crippen LogP contribution is -2.33. The number of hydrogen-bond donors (Lipinski definition) is 1. The van der Waals surface area contributed by atoms with Gasteiger partial charge >= 0.3 is 0 Å². The van der Waals surface area contributed by atoms with E-state index < -0.39 is 11.4 Å². The molecule has 5 heteroatoms. The second-order valence-electron chi connectivity index (χ2n) is 3.84. The number of aromatic hydroxyl groups is 1. The Morgan fingerprint density at radius 1 is 1.50 bits per heavy atom. The normalized spacial score (nSPS) is 17.4. The molecule has 0 heterocycles. The van der Waals surface area contributed by atoms with Crippen LogP contribution >= 0.6 is 11.6 Å². The number of phenols is 1. The van der Waals surface area contributed by atoms with Crippen LogP contribution in [0.15, 0.2) is 17.1 Å². The molecular weight excluding hydrogens is 233 g/mol. The summed E-state index contributed by atoms with van der Waals surface area (Å²) in [5.74, 6) is -0.930. The summed E-state index contributed by atoms with van der Waals surface area (Å²) in [5.41, 5.74) is -0.963. The Morgan fingerprint density at radius 2 is 2.19 bits per heavy atom. The minimum absolute atomic E-state index is 0.00889. The summed E-state index contributed by atoms with van der Waals surface area (Å²) in [5, 5.41) is 9.80.